The number of benzene rings is 2. The monoisotopic (exact) mass is 503 g/mol. The molecule has 0 aliphatic carbocycles. The number of ether oxygens (including phenoxy) is 1. The summed E-state index contributed by atoms with van der Waals surface area (Å²) in [7, 11) is 1.48. The number of para-hydroxylation sites is 1. The first-order chi connectivity index (χ1) is 14.1. The fourth-order valence-electron chi connectivity index (χ4n) is 2.49. The van der Waals surface area contributed by atoms with Crippen LogP contribution in [0.4, 0.5) is 0 Å². The van der Waals surface area contributed by atoms with Crippen molar-refractivity contribution in [3.63, 3.8) is 0 Å². The summed E-state index contributed by atoms with van der Waals surface area (Å²) in [6, 6.07) is 18.3. The molecule has 2 aromatic carbocycles. The average Bonchev–Trinajstić information content (AvgIpc) is 3.21. The Morgan fingerprint density at radius 1 is 1.10 bits per heavy atom. The molecule has 0 saturated heterocycles. The van der Waals surface area contributed by atoms with E-state index in [1.807, 2.05) is 30.3 Å². The van der Waals surface area contributed by atoms with Crippen LogP contribution in [0.5, 0.6) is 5.75 Å². The maximum atomic E-state index is 12.2. The lowest BCUT2D eigenvalue weighted by Gasteiger charge is -2.08. The van der Waals surface area contributed by atoms with Crippen molar-refractivity contribution in [1.82, 2.24) is 10.7 Å². The van der Waals surface area contributed by atoms with E-state index in [4.69, 9.17) is 9.15 Å². The van der Waals surface area contributed by atoms with Crippen molar-refractivity contribution >= 4 is 40.6 Å². The van der Waals surface area contributed by atoms with Crippen LogP contribution < -0.4 is 15.5 Å². The Labute approximate surface area is 181 Å². The smallest absolute Gasteiger partial charge is 0.259 e. The van der Waals surface area contributed by atoms with Gasteiger partial charge in [-0.3, -0.25) is 9.59 Å². The Balaban J connectivity index is 1.50. The molecule has 3 rings (SSSR count). The Bertz CT molecular complexity index is 1030. The Kier molecular flexibility index (Phi) is 7.01. The summed E-state index contributed by atoms with van der Waals surface area (Å²) in [5.41, 5.74) is 3.65. The highest BCUT2D eigenvalue weighted by molar-refractivity contribution is 14.1. The van der Waals surface area contributed by atoms with Crippen molar-refractivity contribution in [3.8, 4) is 17.1 Å². The Morgan fingerprint density at radius 3 is 2.62 bits per heavy atom. The minimum atomic E-state index is -0.464. The van der Waals surface area contributed by atoms with Crippen LogP contribution >= 0.6 is 22.6 Å². The summed E-state index contributed by atoms with van der Waals surface area (Å²) in [5, 5.41) is 6.37. The molecule has 1 aromatic heterocycles. The van der Waals surface area contributed by atoms with Crippen LogP contribution in [-0.4, -0.2) is 31.7 Å². The maximum Gasteiger partial charge on any atom is 0.259 e. The van der Waals surface area contributed by atoms with E-state index in [0.717, 1.165) is 9.13 Å². The molecule has 0 aliphatic heterocycles. The molecule has 0 spiro atoms. The molecule has 29 heavy (non-hydrogen) atoms. The van der Waals surface area contributed by atoms with Crippen molar-refractivity contribution in [2.24, 2.45) is 5.10 Å². The molecule has 0 fully saturated rings. The van der Waals surface area contributed by atoms with E-state index in [2.05, 4.69) is 38.4 Å². The lowest BCUT2D eigenvalue weighted by atomic mass is 10.2. The largest absolute Gasteiger partial charge is 0.496 e. The van der Waals surface area contributed by atoms with Crippen LogP contribution in [-0.2, 0) is 4.79 Å². The topological polar surface area (TPSA) is 92.9 Å². The van der Waals surface area contributed by atoms with Gasteiger partial charge >= 0.3 is 0 Å². The van der Waals surface area contributed by atoms with Crippen LogP contribution in [0.1, 0.15) is 16.1 Å². The normalized spacial score (nSPS) is 10.7. The number of hydrazone groups is 1. The molecule has 0 saturated carbocycles. The molecular weight excluding hydrogens is 485 g/mol. The number of amides is 2. The van der Waals surface area contributed by atoms with E-state index in [9.17, 15) is 9.59 Å². The number of hydrogen-bond donors (Lipinski definition) is 2. The number of nitrogens with zero attached hydrogens (tertiary/aromatic N) is 1. The van der Waals surface area contributed by atoms with Gasteiger partial charge in [-0.2, -0.15) is 5.10 Å². The van der Waals surface area contributed by atoms with Gasteiger partial charge in [-0.1, -0.05) is 24.3 Å². The summed E-state index contributed by atoms with van der Waals surface area (Å²) in [6.07, 6.45) is 1.40. The number of hydrogen-bond acceptors (Lipinski definition) is 5. The van der Waals surface area contributed by atoms with Gasteiger partial charge in [0.25, 0.3) is 11.8 Å². The fourth-order valence-corrected chi connectivity index (χ4v) is 2.85. The van der Waals surface area contributed by atoms with Crippen LogP contribution in [0.3, 0.4) is 0 Å². The van der Waals surface area contributed by atoms with E-state index in [0.29, 0.717) is 22.8 Å². The highest BCUT2D eigenvalue weighted by Crippen LogP contribution is 2.22. The molecule has 7 nitrogen and oxygen atoms in total. The predicted octanol–water partition coefficient (Wildman–Crippen LogP) is 3.44. The molecule has 0 bridgehead atoms. The van der Waals surface area contributed by atoms with E-state index in [1.54, 1.807) is 30.3 Å². The van der Waals surface area contributed by atoms with E-state index in [-0.39, 0.29) is 6.54 Å². The molecule has 0 unspecified atom stereocenters. The third-order valence-electron chi connectivity index (χ3n) is 3.90. The number of furan rings is 1. The third-order valence-corrected chi connectivity index (χ3v) is 4.62. The van der Waals surface area contributed by atoms with Gasteiger partial charge in [0.05, 0.1) is 25.4 Å². The van der Waals surface area contributed by atoms with Gasteiger partial charge < -0.3 is 14.5 Å². The first-order valence-electron chi connectivity index (χ1n) is 8.65. The Morgan fingerprint density at radius 2 is 1.86 bits per heavy atom. The van der Waals surface area contributed by atoms with E-state index >= 15 is 0 Å². The van der Waals surface area contributed by atoms with Crippen LogP contribution in [0.25, 0.3) is 11.3 Å². The van der Waals surface area contributed by atoms with Gasteiger partial charge in [0.15, 0.2) is 0 Å². The molecule has 1 heterocycles. The molecule has 0 atom stereocenters. The standard InChI is InChI=1S/C21H18IN3O4/c1-28-19-5-3-2-4-17(19)21(27)23-13-20(26)25-24-12-16-10-11-18(29-16)14-6-8-15(22)9-7-14/h2-12H,13H2,1H3,(H,23,27)(H,25,26)/b24-12+. The molecular formula is C21H18IN3O4. The molecule has 2 N–H and O–H groups in total. The van der Waals surface area contributed by atoms with E-state index < -0.39 is 11.8 Å². The second-order valence-electron chi connectivity index (χ2n) is 5.89. The van der Waals surface area contributed by atoms with Crippen molar-refractivity contribution in [2.75, 3.05) is 13.7 Å². The number of carbonyl (C=O) groups excluding carboxylic acids is 2. The van der Waals surface area contributed by atoms with Gasteiger partial charge in [0.2, 0.25) is 0 Å². The molecule has 148 valence electrons. The number of carbonyl (C=O) groups is 2. The van der Waals surface area contributed by atoms with Gasteiger partial charge in [-0.05, 0) is 59.0 Å². The Hall–Kier alpha value is -3.14. The molecule has 0 aliphatic rings. The number of rotatable bonds is 7. The highest BCUT2D eigenvalue weighted by Gasteiger charge is 2.12. The van der Waals surface area contributed by atoms with Gasteiger partial charge in [-0.15, -0.1) is 0 Å². The summed E-state index contributed by atoms with van der Waals surface area (Å²) in [4.78, 5) is 24.0. The fraction of sp³-hybridized carbons (Fsp3) is 0.0952. The second kappa shape index (κ2) is 9.87. The SMILES string of the molecule is COc1ccccc1C(=O)NCC(=O)N/N=C/c1ccc(-c2ccc(I)cc2)o1. The van der Waals surface area contributed by atoms with E-state index in [1.165, 1.54) is 13.3 Å². The van der Waals surface area contributed by atoms with Crippen molar-refractivity contribution in [1.29, 1.82) is 0 Å². The van der Waals surface area contributed by atoms with Crippen LogP contribution in [0.15, 0.2) is 70.2 Å². The molecule has 8 heteroatoms. The zero-order valence-corrected chi connectivity index (χ0v) is 17.7. The highest BCUT2D eigenvalue weighted by atomic mass is 127. The predicted molar refractivity (Wildman–Crippen MR) is 118 cm³/mol. The van der Waals surface area contributed by atoms with Crippen LogP contribution in [0.2, 0.25) is 0 Å². The van der Waals surface area contributed by atoms with Crippen molar-refractivity contribution in [3.05, 3.63) is 75.6 Å². The summed E-state index contributed by atoms with van der Waals surface area (Å²) < 4.78 is 12.0. The lowest BCUT2D eigenvalue weighted by molar-refractivity contribution is -0.120. The average molecular weight is 503 g/mol. The number of nitrogens with one attached hydrogen (secondary N) is 2. The first-order valence-corrected chi connectivity index (χ1v) is 9.73. The number of halogens is 1. The zero-order chi connectivity index (χ0) is 20.6. The number of methoxy groups -OCH3 is 1. The molecule has 0 radical (unpaired) electrons. The lowest BCUT2D eigenvalue weighted by Crippen LogP contribution is -2.35. The van der Waals surface area contributed by atoms with Gasteiger partial charge in [0.1, 0.15) is 17.3 Å². The van der Waals surface area contributed by atoms with Crippen molar-refractivity contribution < 1.29 is 18.7 Å². The first kappa shape index (κ1) is 20.6. The minimum Gasteiger partial charge on any atom is -0.496 e. The quantitative estimate of drug-likeness (QED) is 0.294. The van der Waals surface area contributed by atoms with Gasteiger partial charge in [0, 0.05) is 9.13 Å². The minimum absolute atomic E-state index is 0.222. The summed E-state index contributed by atoms with van der Waals surface area (Å²) in [5.74, 6) is 0.768. The molecule has 3 aromatic rings. The van der Waals surface area contributed by atoms with Gasteiger partial charge in [-0.25, -0.2) is 5.43 Å². The zero-order valence-electron chi connectivity index (χ0n) is 15.5. The molecule has 2 amide bonds. The summed E-state index contributed by atoms with van der Waals surface area (Å²) in [6.45, 7) is -0.222. The van der Waals surface area contributed by atoms with Crippen LogP contribution in [0, 0.1) is 3.57 Å². The summed E-state index contributed by atoms with van der Waals surface area (Å²) >= 11 is 2.24. The van der Waals surface area contributed by atoms with Crippen molar-refractivity contribution in [2.45, 2.75) is 0 Å². The third kappa shape index (κ3) is 5.67. The maximum absolute atomic E-state index is 12.2. The second-order valence-corrected chi connectivity index (χ2v) is 7.13.